The van der Waals surface area contributed by atoms with Crippen molar-refractivity contribution in [2.24, 2.45) is 0 Å². The number of unbranched alkanes of at least 4 members (excludes halogenated alkanes) is 1. The number of imide groups is 1. The number of aromatic nitrogens is 1. The quantitative estimate of drug-likeness (QED) is 0.409. The van der Waals surface area contributed by atoms with Crippen LogP contribution in [0.5, 0.6) is 0 Å². The van der Waals surface area contributed by atoms with E-state index in [-0.39, 0.29) is 24.4 Å². The summed E-state index contributed by atoms with van der Waals surface area (Å²) in [6, 6.07) is 5.68. The zero-order chi connectivity index (χ0) is 21.7. The SMILES string of the molecule is CCCCNC(=O)c1[nH]c2ccc(CCN3C(=O)CNC3=O)cc2c1CCN(C)C. The molecular weight excluding hydrogens is 382 g/mol. The van der Waals surface area contributed by atoms with Crippen molar-refractivity contribution in [3.05, 3.63) is 35.0 Å². The third-order valence-corrected chi connectivity index (χ3v) is 5.38. The minimum Gasteiger partial charge on any atom is -0.351 e. The van der Waals surface area contributed by atoms with Crippen molar-refractivity contribution in [2.75, 3.05) is 40.3 Å². The number of amides is 4. The lowest BCUT2D eigenvalue weighted by molar-refractivity contribution is -0.124. The second kappa shape index (κ2) is 9.75. The molecule has 0 radical (unpaired) electrons. The van der Waals surface area contributed by atoms with E-state index in [9.17, 15) is 14.4 Å². The minimum atomic E-state index is -0.333. The molecule has 2 heterocycles. The van der Waals surface area contributed by atoms with Crippen molar-refractivity contribution in [3.8, 4) is 0 Å². The van der Waals surface area contributed by atoms with Gasteiger partial charge in [0.2, 0.25) is 5.91 Å². The second-order valence-electron chi connectivity index (χ2n) is 7.98. The van der Waals surface area contributed by atoms with Crippen LogP contribution >= 0.6 is 0 Å². The lowest BCUT2D eigenvalue weighted by Crippen LogP contribution is -2.32. The molecule has 1 aliphatic heterocycles. The van der Waals surface area contributed by atoms with Gasteiger partial charge >= 0.3 is 6.03 Å². The zero-order valence-electron chi connectivity index (χ0n) is 18.0. The molecule has 0 saturated carbocycles. The molecule has 0 unspecified atom stereocenters. The Morgan fingerprint density at radius 3 is 2.70 bits per heavy atom. The molecule has 8 nitrogen and oxygen atoms in total. The predicted molar refractivity (Wildman–Crippen MR) is 117 cm³/mol. The van der Waals surface area contributed by atoms with E-state index in [1.54, 1.807) is 0 Å². The predicted octanol–water partition coefficient (Wildman–Crippen LogP) is 1.90. The van der Waals surface area contributed by atoms with Crippen LogP contribution in [0.2, 0.25) is 0 Å². The second-order valence-corrected chi connectivity index (χ2v) is 7.98. The molecular formula is C22H31N5O3. The molecule has 2 aromatic rings. The fourth-order valence-electron chi connectivity index (χ4n) is 3.63. The van der Waals surface area contributed by atoms with Crippen LogP contribution in [0.1, 0.15) is 41.4 Å². The van der Waals surface area contributed by atoms with Gasteiger partial charge in [-0.3, -0.25) is 14.5 Å². The maximum atomic E-state index is 12.8. The number of likely N-dealkylation sites (N-methyl/N-ethyl adjacent to an activating group) is 1. The van der Waals surface area contributed by atoms with Crippen molar-refractivity contribution < 1.29 is 14.4 Å². The van der Waals surface area contributed by atoms with Gasteiger partial charge in [0, 0.05) is 30.5 Å². The number of carbonyl (C=O) groups excluding carboxylic acids is 3. The van der Waals surface area contributed by atoms with Crippen LogP contribution in [-0.4, -0.2) is 72.9 Å². The highest BCUT2D eigenvalue weighted by molar-refractivity contribution is 6.02. The highest BCUT2D eigenvalue weighted by Gasteiger charge is 2.27. The molecule has 1 aromatic carbocycles. The minimum absolute atomic E-state index is 0.0703. The number of hydrogen-bond donors (Lipinski definition) is 3. The van der Waals surface area contributed by atoms with Crippen molar-refractivity contribution in [1.82, 2.24) is 25.4 Å². The number of hydrogen-bond acceptors (Lipinski definition) is 4. The van der Waals surface area contributed by atoms with Crippen molar-refractivity contribution >= 4 is 28.7 Å². The first-order chi connectivity index (χ1) is 14.4. The Kier molecular flexibility index (Phi) is 7.10. The lowest BCUT2D eigenvalue weighted by atomic mass is 10.0. The molecule has 1 fully saturated rings. The number of aromatic amines is 1. The van der Waals surface area contributed by atoms with E-state index in [0.717, 1.165) is 47.8 Å². The molecule has 0 spiro atoms. The van der Waals surface area contributed by atoms with Gasteiger partial charge in [-0.05, 0) is 56.6 Å². The van der Waals surface area contributed by atoms with Gasteiger partial charge in [0.15, 0.2) is 0 Å². The lowest BCUT2D eigenvalue weighted by Gasteiger charge is -2.13. The van der Waals surface area contributed by atoms with Crippen LogP contribution in [0.25, 0.3) is 10.9 Å². The standard InChI is InChI=1S/C22H31N5O3/c1-4-5-10-23-21(29)20-16(9-11-26(2)3)17-13-15(6-7-18(17)25-20)8-12-27-19(28)14-24-22(27)30/h6-7,13,25H,4-5,8-12,14H2,1-3H3,(H,23,29)(H,24,30). The Morgan fingerprint density at radius 1 is 1.23 bits per heavy atom. The van der Waals surface area contributed by atoms with Crippen molar-refractivity contribution in [1.29, 1.82) is 0 Å². The van der Waals surface area contributed by atoms with Crippen molar-refractivity contribution in [3.63, 3.8) is 0 Å². The summed E-state index contributed by atoms with van der Waals surface area (Å²) >= 11 is 0. The summed E-state index contributed by atoms with van der Waals surface area (Å²) in [4.78, 5) is 43.0. The maximum absolute atomic E-state index is 12.8. The average molecular weight is 414 g/mol. The molecule has 0 bridgehead atoms. The average Bonchev–Trinajstić information content (AvgIpc) is 3.24. The van der Waals surface area contributed by atoms with Gasteiger partial charge < -0.3 is 20.5 Å². The van der Waals surface area contributed by atoms with Gasteiger partial charge in [-0.2, -0.15) is 0 Å². The molecule has 3 rings (SSSR count). The third kappa shape index (κ3) is 4.99. The Balaban J connectivity index is 1.84. The highest BCUT2D eigenvalue weighted by Crippen LogP contribution is 2.25. The fraction of sp³-hybridized carbons (Fsp3) is 0.500. The van der Waals surface area contributed by atoms with Gasteiger partial charge in [0.25, 0.3) is 5.91 Å². The zero-order valence-corrected chi connectivity index (χ0v) is 18.0. The summed E-state index contributed by atoms with van der Waals surface area (Å²) < 4.78 is 0. The molecule has 30 heavy (non-hydrogen) atoms. The van der Waals surface area contributed by atoms with E-state index >= 15 is 0 Å². The van der Waals surface area contributed by atoms with E-state index in [1.165, 1.54) is 4.90 Å². The number of rotatable bonds is 10. The van der Waals surface area contributed by atoms with Crippen LogP contribution in [-0.2, 0) is 17.6 Å². The number of H-pyrrole nitrogens is 1. The van der Waals surface area contributed by atoms with Crippen LogP contribution in [0, 0.1) is 0 Å². The van der Waals surface area contributed by atoms with Crippen LogP contribution in [0.4, 0.5) is 4.79 Å². The highest BCUT2D eigenvalue weighted by atomic mass is 16.2. The summed E-state index contributed by atoms with van der Waals surface area (Å²) in [7, 11) is 4.03. The molecule has 1 aliphatic rings. The number of benzene rings is 1. The third-order valence-electron chi connectivity index (χ3n) is 5.38. The first-order valence-corrected chi connectivity index (χ1v) is 10.5. The number of urea groups is 1. The monoisotopic (exact) mass is 413 g/mol. The Bertz CT molecular complexity index is 918. The molecule has 1 aromatic heterocycles. The molecule has 4 amide bonds. The van der Waals surface area contributed by atoms with Gasteiger partial charge in [-0.1, -0.05) is 19.4 Å². The Morgan fingerprint density at radius 2 is 2.03 bits per heavy atom. The van der Waals surface area contributed by atoms with Gasteiger partial charge in [-0.15, -0.1) is 0 Å². The number of nitrogens with zero attached hydrogens (tertiary/aromatic N) is 2. The van der Waals surface area contributed by atoms with E-state index in [1.807, 2.05) is 26.2 Å². The Labute approximate surface area is 177 Å². The normalized spacial score (nSPS) is 14.1. The largest absolute Gasteiger partial charge is 0.351 e. The van der Waals surface area contributed by atoms with Gasteiger partial charge in [0.05, 0.1) is 6.54 Å². The summed E-state index contributed by atoms with van der Waals surface area (Å²) in [6.45, 7) is 4.00. The number of carbonyl (C=O) groups is 3. The van der Waals surface area contributed by atoms with E-state index < -0.39 is 0 Å². The summed E-state index contributed by atoms with van der Waals surface area (Å²) in [5.74, 6) is -0.269. The maximum Gasteiger partial charge on any atom is 0.324 e. The van der Waals surface area contributed by atoms with Crippen LogP contribution < -0.4 is 10.6 Å². The summed E-state index contributed by atoms with van der Waals surface area (Å²) in [5.41, 5.74) is 3.57. The van der Waals surface area contributed by atoms with Crippen molar-refractivity contribution in [2.45, 2.75) is 32.6 Å². The molecule has 3 N–H and O–H groups in total. The molecule has 162 valence electrons. The molecule has 0 atom stereocenters. The van der Waals surface area contributed by atoms with E-state index in [4.69, 9.17) is 0 Å². The number of fused-ring (bicyclic) bond motifs is 1. The van der Waals surface area contributed by atoms with Gasteiger partial charge in [0.1, 0.15) is 5.69 Å². The first-order valence-electron chi connectivity index (χ1n) is 10.5. The van der Waals surface area contributed by atoms with E-state index in [2.05, 4.69) is 33.5 Å². The molecule has 8 heteroatoms. The molecule has 0 aliphatic carbocycles. The van der Waals surface area contributed by atoms with Gasteiger partial charge in [-0.25, -0.2) is 4.79 Å². The fourth-order valence-corrected chi connectivity index (χ4v) is 3.63. The summed E-state index contributed by atoms with van der Waals surface area (Å²) in [6.07, 6.45) is 3.30. The van der Waals surface area contributed by atoms with E-state index in [0.29, 0.717) is 25.2 Å². The Hall–Kier alpha value is -2.87. The topological polar surface area (TPSA) is 97.5 Å². The molecule has 1 saturated heterocycles. The summed E-state index contributed by atoms with van der Waals surface area (Å²) in [5, 5.41) is 6.57. The smallest absolute Gasteiger partial charge is 0.324 e. The van der Waals surface area contributed by atoms with Crippen LogP contribution in [0.3, 0.4) is 0 Å². The first kappa shape index (κ1) is 21.8. The number of nitrogens with one attached hydrogen (secondary N) is 3. The van der Waals surface area contributed by atoms with Crippen LogP contribution in [0.15, 0.2) is 18.2 Å².